The molecule has 140 valence electrons. The quantitative estimate of drug-likeness (QED) is 0.568. The molecule has 2 aromatic carbocycles. The number of nitrogens with zero attached hydrogens (tertiary/aromatic N) is 1. The van der Waals surface area contributed by atoms with Gasteiger partial charge in [0, 0.05) is 19.6 Å². The summed E-state index contributed by atoms with van der Waals surface area (Å²) in [4.78, 5) is 10.1. The fourth-order valence-corrected chi connectivity index (χ4v) is 3.88. The molecule has 0 unspecified atom stereocenters. The molecular weight excluding hydrogens is 382 g/mol. The van der Waals surface area contributed by atoms with E-state index in [1.165, 1.54) is 24.8 Å². The van der Waals surface area contributed by atoms with Gasteiger partial charge in [0.2, 0.25) is 10.0 Å². The van der Waals surface area contributed by atoms with Crippen LogP contribution >= 0.6 is 12.4 Å². The van der Waals surface area contributed by atoms with Crippen LogP contribution in [0.3, 0.4) is 0 Å². The van der Waals surface area contributed by atoms with Crippen molar-refractivity contribution < 1.29 is 18.1 Å². The number of halogens is 1. The summed E-state index contributed by atoms with van der Waals surface area (Å²) in [5.74, 6) is 0.219. The van der Waals surface area contributed by atoms with Crippen LogP contribution in [-0.2, 0) is 29.7 Å². The molecule has 0 radical (unpaired) electrons. The number of ether oxygens (including phenoxy) is 1. The molecule has 0 amide bonds. The second-order valence-corrected chi connectivity index (χ2v) is 7.36. The third-order valence-electron chi connectivity index (χ3n) is 4.02. The molecule has 0 aromatic heterocycles. The van der Waals surface area contributed by atoms with E-state index in [0.717, 1.165) is 30.3 Å². The Hall–Kier alpha value is -2.20. The van der Waals surface area contributed by atoms with Crippen molar-refractivity contribution in [3.05, 3.63) is 63.2 Å². The average molecular weight is 400 g/mol. The number of hydrogen-bond acceptors (Lipinski definition) is 6. The van der Waals surface area contributed by atoms with Gasteiger partial charge in [-0.05, 0) is 28.8 Å². The lowest BCUT2D eigenvalue weighted by atomic mass is 10.1. The van der Waals surface area contributed by atoms with Crippen LogP contribution in [0.4, 0.5) is 5.69 Å². The monoisotopic (exact) mass is 399 g/mol. The molecule has 0 fully saturated rings. The third kappa shape index (κ3) is 4.13. The Morgan fingerprint density at radius 1 is 1.19 bits per heavy atom. The Morgan fingerprint density at radius 3 is 2.62 bits per heavy atom. The van der Waals surface area contributed by atoms with Gasteiger partial charge in [0.25, 0.3) is 5.69 Å². The van der Waals surface area contributed by atoms with E-state index in [2.05, 4.69) is 10.0 Å². The molecule has 26 heavy (non-hydrogen) atoms. The SMILES string of the molecule is COc1ccc(S(=O)(=O)NCc2ccc3c(c2)CNC3)c([N+](=O)[O-])c1.Cl. The Kier molecular flexibility index (Phi) is 6.19. The lowest BCUT2D eigenvalue weighted by molar-refractivity contribution is -0.387. The first-order valence-corrected chi connectivity index (χ1v) is 9.02. The zero-order valence-electron chi connectivity index (χ0n) is 13.9. The van der Waals surface area contributed by atoms with E-state index in [4.69, 9.17) is 4.74 Å². The van der Waals surface area contributed by atoms with Gasteiger partial charge >= 0.3 is 0 Å². The highest BCUT2D eigenvalue weighted by molar-refractivity contribution is 7.89. The smallest absolute Gasteiger partial charge is 0.293 e. The summed E-state index contributed by atoms with van der Waals surface area (Å²) in [6.45, 7) is 1.61. The molecule has 0 saturated carbocycles. The van der Waals surface area contributed by atoms with E-state index >= 15 is 0 Å². The largest absolute Gasteiger partial charge is 0.497 e. The fourth-order valence-electron chi connectivity index (χ4n) is 2.71. The van der Waals surface area contributed by atoms with Gasteiger partial charge in [0.15, 0.2) is 4.90 Å². The molecule has 3 rings (SSSR count). The predicted molar refractivity (Wildman–Crippen MR) is 97.9 cm³/mol. The molecule has 0 bridgehead atoms. The van der Waals surface area contributed by atoms with Crippen molar-refractivity contribution in [2.45, 2.75) is 24.5 Å². The molecule has 8 nitrogen and oxygen atoms in total. The number of nitro benzene ring substituents is 1. The number of sulfonamides is 1. The fraction of sp³-hybridized carbons (Fsp3) is 0.250. The van der Waals surface area contributed by atoms with E-state index in [1.54, 1.807) is 0 Å². The van der Waals surface area contributed by atoms with Crippen molar-refractivity contribution in [3.8, 4) is 5.75 Å². The third-order valence-corrected chi connectivity index (χ3v) is 5.47. The van der Waals surface area contributed by atoms with Crippen LogP contribution in [0.2, 0.25) is 0 Å². The highest BCUT2D eigenvalue weighted by Crippen LogP contribution is 2.28. The molecule has 2 N–H and O–H groups in total. The van der Waals surface area contributed by atoms with Crippen molar-refractivity contribution in [3.63, 3.8) is 0 Å². The highest BCUT2D eigenvalue weighted by atomic mass is 35.5. The van der Waals surface area contributed by atoms with Crippen molar-refractivity contribution in [2.75, 3.05) is 7.11 Å². The zero-order chi connectivity index (χ0) is 18.0. The van der Waals surface area contributed by atoms with E-state index in [-0.39, 0.29) is 29.6 Å². The van der Waals surface area contributed by atoms with Crippen molar-refractivity contribution in [1.82, 2.24) is 10.0 Å². The molecule has 1 heterocycles. The summed E-state index contributed by atoms with van der Waals surface area (Å²) < 4.78 is 32.3. The van der Waals surface area contributed by atoms with E-state index in [0.29, 0.717) is 0 Å². The van der Waals surface area contributed by atoms with Crippen LogP contribution in [0.5, 0.6) is 5.75 Å². The van der Waals surface area contributed by atoms with Crippen LogP contribution in [0.15, 0.2) is 41.3 Å². The molecule has 1 aliphatic rings. The number of methoxy groups -OCH3 is 1. The van der Waals surface area contributed by atoms with Crippen LogP contribution in [0.1, 0.15) is 16.7 Å². The van der Waals surface area contributed by atoms with Gasteiger partial charge in [-0.15, -0.1) is 12.4 Å². The number of benzene rings is 2. The average Bonchev–Trinajstić information content (AvgIpc) is 3.07. The topological polar surface area (TPSA) is 111 Å². The maximum Gasteiger partial charge on any atom is 0.293 e. The first-order chi connectivity index (χ1) is 11.9. The highest BCUT2D eigenvalue weighted by Gasteiger charge is 2.26. The summed E-state index contributed by atoms with van der Waals surface area (Å²) in [5, 5.41) is 14.4. The lowest BCUT2D eigenvalue weighted by Gasteiger charge is -2.09. The molecule has 0 aliphatic carbocycles. The standard InChI is InChI=1S/C16H17N3O5S.ClH/c1-24-14-4-5-16(15(7-14)19(20)21)25(22,23)18-8-11-2-3-12-9-17-10-13(12)6-11;/h2-7,17-18H,8-10H2,1H3;1H. The lowest BCUT2D eigenvalue weighted by Crippen LogP contribution is -2.24. The van der Waals surface area contributed by atoms with Gasteiger partial charge in [-0.25, -0.2) is 13.1 Å². The number of rotatable bonds is 6. The molecule has 2 aromatic rings. The molecule has 0 spiro atoms. The molecular formula is C16H18ClN3O5S. The number of nitro groups is 1. The summed E-state index contributed by atoms with van der Waals surface area (Å²) in [7, 11) is -2.68. The van der Waals surface area contributed by atoms with Crippen LogP contribution < -0.4 is 14.8 Å². The first-order valence-electron chi connectivity index (χ1n) is 7.54. The van der Waals surface area contributed by atoms with Crippen molar-refractivity contribution in [2.24, 2.45) is 0 Å². The Morgan fingerprint density at radius 2 is 1.92 bits per heavy atom. The van der Waals surface area contributed by atoms with Gasteiger partial charge in [0.05, 0.1) is 18.1 Å². The second-order valence-electron chi connectivity index (χ2n) is 5.62. The number of nitrogens with one attached hydrogen (secondary N) is 2. The maximum absolute atomic E-state index is 12.5. The minimum Gasteiger partial charge on any atom is -0.497 e. The van der Waals surface area contributed by atoms with Crippen LogP contribution in [0, 0.1) is 10.1 Å². The van der Waals surface area contributed by atoms with Crippen LogP contribution in [-0.4, -0.2) is 20.5 Å². The van der Waals surface area contributed by atoms with Gasteiger partial charge in [-0.3, -0.25) is 10.1 Å². The summed E-state index contributed by atoms with van der Waals surface area (Å²) in [6, 6.07) is 9.37. The Labute approximate surface area is 157 Å². The Bertz CT molecular complexity index is 933. The minimum absolute atomic E-state index is 0. The maximum atomic E-state index is 12.5. The predicted octanol–water partition coefficient (Wildman–Crippen LogP) is 2.11. The van der Waals surface area contributed by atoms with Gasteiger partial charge in [-0.2, -0.15) is 0 Å². The molecule has 10 heteroatoms. The van der Waals surface area contributed by atoms with Gasteiger partial charge in [0.1, 0.15) is 5.75 Å². The second kappa shape index (κ2) is 8.00. The van der Waals surface area contributed by atoms with E-state index in [9.17, 15) is 18.5 Å². The number of hydrogen-bond donors (Lipinski definition) is 2. The Balaban J connectivity index is 0.00000243. The van der Waals surface area contributed by atoms with Gasteiger partial charge in [-0.1, -0.05) is 18.2 Å². The molecule has 0 atom stereocenters. The van der Waals surface area contributed by atoms with E-state index in [1.807, 2.05) is 18.2 Å². The van der Waals surface area contributed by atoms with Crippen molar-refractivity contribution >= 4 is 28.1 Å². The van der Waals surface area contributed by atoms with Gasteiger partial charge < -0.3 is 10.1 Å². The minimum atomic E-state index is -4.04. The first kappa shape index (κ1) is 20.1. The summed E-state index contributed by atoms with van der Waals surface area (Å²) in [5.41, 5.74) is 2.59. The molecule has 1 aliphatic heterocycles. The number of fused-ring (bicyclic) bond motifs is 1. The van der Waals surface area contributed by atoms with Crippen LogP contribution in [0.25, 0.3) is 0 Å². The molecule has 0 saturated heterocycles. The normalized spacial score (nSPS) is 13.0. The van der Waals surface area contributed by atoms with Crippen molar-refractivity contribution in [1.29, 1.82) is 0 Å². The summed E-state index contributed by atoms with van der Waals surface area (Å²) in [6.07, 6.45) is 0. The zero-order valence-corrected chi connectivity index (χ0v) is 15.5. The van der Waals surface area contributed by atoms with E-state index < -0.39 is 20.6 Å². The summed E-state index contributed by atoms with van der Waals surface area (Å²) >= 11 is 0.